The fourth-order valence-electron chi connectivity index (χ4n) is 2.30. The molecule has 0 saturated heterocycles. The van der Waals surface area contributed by atoms with Gasteiger partial charge in [-0.25, -0.2) is 0 Å². The van der Waals surface area contributed by atoms with Crippen LogP contribution in [0, 0.1) is 10.1 Å². The molecular weight excluding hydrogens is 276 g/mol. The Labute approximate surface area is 120 Å². The Morgan fingerprint density at radius 1 is 1.15 bits per heavy atom. The van der Waals surface area contributed by atoms with Crippen LogP contribution in [0.15, 0.2) is 54.7 Å². The van der Waals surface area contributed by atoms with Crippen molar-refractivity contribution >= 4 is 28.2 Å². The second-order valence-corrected chi connectivity index (χ2v) is 4.97. The lowest BCUT2D eigenvalue weighted by Gasteiger charge is -2.06. The maximum atomic E-state index is 11.0. The number of nitrogens with zero attached hydrogens (tertiary/aromatic N) is 2. The number of aromatic nitrogens is 1. The molecule has 1 heterocycles. The molecule has 0 amide bonds. The molecule has 4 nitrogen and oxygen atoms in total. The molecule has 0 radical (unpaired) electrons. The molecule has 0 aliphatic heterocycles. The zero-order valence-electron chi connectivity index (χ0n) is 10.5. The van der Waals surface area contributed by atoms with Gasteiger partial charge in [0.15, 0.2) is 0 Å². The Balaban J connectivity index is 2.06. The van der Waals surface area contributed by atoms with E-state index in [1.54, 1.807) is 18.2 Å². The lowest BCUT2D eigenvalue weighted by molar-refractivity contribution is -0.385. The van der Waals surface area contributed by atoms with Crippen LogP contribution < -0.4 is 0 Å². The number of fused-ring (bicyclic) bond motifs is 1. The number of rotatable bonds is 3. The number of nitro groups is 1. The van der Waals surface area contributed by atoms with Gasteiger partial charge in [0, 0.05) is 28.4 Å². The van der Waals surface area contributed by atoms with Crippen molar-refractivity contribution < 1.29 is 4.92 Å². The summed E-state index contributed by atoms with van der Waals surface area (Å²) in [5.41, 5.74) is 1.78. The number of hydrogen-bond acceptors (Lipinski definition) is 2. The third-order valence-electron chi connectivity index (χ3n) is 3.26. The summed E-state index contributed by atoms with van der Waals surface area (Å²) in [6.07, 6.45) is 1.91. The van der Waals surface area contributed by atoms with E-state index in [4.69, 9.17) is 11.6 Å². The molecule has 0 saturated carbocycles. The molecule has 0 atom stereocenters. The van der Waals surface area contributed by atoms with Crippen LogP contribution in [0.1, 0.15) is 5.56 Å². The minimum absolute atomic E-state index is 0.136. The zero-order valence-corrected chi connectivity index (χ0v) is 11.2. The SMILES string of the molecule is O=[N+]([O-])c1ccccc1Cn1ccc2ccc(Cl)cc21. The molecule has 0 N–H and O–H groups in total. The number of benzene rings is 2. The average molecular weight is 287 g/mol. The Bertz CT molecular complexity index is 795. The normalized spacial score (nSPS) is 10.8. The standard InChI is InChI=1S/C15H11ClN2O2/c16-13-6-5-11-7-8-17(15(11)9-13)10-12-3-1-2-4-14(12)18(19)20/h1-9H,10H2. The van der Waals surface area contributed by atoms with Gasteiger partial charge in [0.1, 0.15) is 0 Å². The number of para-hydroxylation sites is 1. The van der Waals surface area contributed by atoms with Crippen molar-refractivity contribution in [1.29, 1.82) is 0 Å². The smallest absolute Gasteiger partial charge is 0.274 e. The highest BCUT2D eigenvalue weighted by atomic mass is 35.5. The molecule has 3 aromatic rings. The molecule has 0 aliphatic carbocycles. The average Bonchev–Trinajstić information content (AvgIpc) is 2.82. The van der Waals surface area contributed by atoms with Crippen LogP contribution in [-0.2, 0) is 6.54 Å². The van der Waals surface area contributed by atoms with Crippen molar-refractivity contribution in [1.82, 2.24) is 4.57 Å². The first-order valence-electron chi connectivity index (χ1n) is 6.12. The highest BCUT2D eigenvalue weighted by Gasteiger charge is 2.13. The van der Waals surface area contributed by atoms with Crippen molar-refractivity contribution in [2.24, 2.45) is 0 Å². The first-order valence-corrected chi connectivity index (χ1v) is 6.49. The van der Waals surface area contributed by atoms with E-state index in [1.165, 1.54) is 6.07 Å². The van der Waals surface area contributed by atoms with Crippen LogP contribution in [0.5, 0.6) is 0 Å². The lowest BCUT2D eigenvalue weighted by Crippen LogP contribution is -2.01. The van der Waals surface area contributed by atoms with Crippen LogP contribution in [0.25, 0.3) is 10.9 Å². The summed E-state index contributed by atoms with van der Waals surface area (Å²) in [7, 11) is 0. The van der Waals surface area contributed by atoms with E-state index in [0.29, 0.717) is 17.1 Å². The molecule has 0 fully saturated rings. The minimum atomic E-state index is -0.353. The van der Waals surface area contributed by atoms with E-state index in [-0.39, 0.29) is 10.6 Å². The van der Waals surface area contributed by atoms with E-state index < -0.39 is 0 Å². The van der Waals surface area contributed by atoms with Gasteiger partial charge in [-0.05, 0) is 23.6 Å². The quantitative estimate of drug-likeness (QED) is 0.534. The van der Waals surface area contributed by atoms with Crippen molar-refractivity contribution in [3.05, 3.63) is 75.4 Å². The Hall–Kier alpha value is -2.33. The summed E-state index contributed by atoms with van der Waals surface area (Å²) in [6.45, 7) is 0.445. The molecule has 5 heteroatoms. The third-order valence-corrected chi connectivity index (χ3v) is 3.50. The van der Waals surface area contributed by atoms with Crippen LogP contribution in [0.3, 0.4) is 0 Å². The second kappa shape index (κ2) is 4.98. The minimum Gasteiger partial charge on any atom is -0.343 e. The molecule has 3 rings (SSSR count). The molecule has 0 spiro atoms. The van der Waals surface area contributed by atoms with Crippen molar-refractivity contribution in [3.8, 4) is 0 Å². The summed E-state index contributed by atoms with van der Waals surface area (Å²) >= 11 is 6.01. The van der Waals surface area contributed by atoms with E-state index >= 15 is 0 Å². The lowest BCUT2D eigenvalue weighted by atomic mass is 10.2. The van der Waals surface area contributed by atoms with Gasteiger partial charge in [-0.1, -0.05) is 35.9 Å². The first-order chi connectivity index (χ1) is 9.65. The van der Waals surface area contributed by atoms with Crippen molar-refractivity contribution in [2.45, 2.75) is 6.54 Å². The van der Waals surface area contributed by atoms with Gasteiger partial charge in [-0.15, -0.1) is 0 Å². The van der Waals surface area contributed by atoms with E-state index in [0.717, 1.165) is 10.9 Å². The fraction of sp³-hybridized carbons (Fsp3) is 0.0667. The Kier molecular flexibility index (Phi) is 3.16. The monoisotopic (exact) mass is 286 g/mol. The van der Waals surface area contributed by atoms with Gasteiger partial charge in [0.2, 0.25) is 0 Å². The summed E-state index contributed by atoms with van der Waals surface area (Å²) in [5.74, 6) is 0. The Morgan fingerprint density at radius 2 is 1.95 bits per heavy atom. The van der Waals surface area contributed by atoms with E-state index in [9.17, 15) is 10.1 Å². The molecule has 0 unspecified atom stereocenters. The maximum Gasteiger partial charge on any atom is 0.274 e. The number of nitro benzene ring substituents is 1. The molecular formula is C15H11ClN2O2. The van der Waals surface area contributed by atoms with Gasteiger partial charge < -0.3 is 4.57 Å². The maximum absolute atomic E-state index is 11.0. The summed E-state index contributed by atoms with van der Waals surface area (Å²) < 4.78 is 1.96. The molecule has 20 heavy (non-hydrogen) atoms. The molecule has 100 valence electrons. The molecule has 2 aromatic carbocycles. The van der Waals surface area contributed by atoms with Gasteiger partial charge >= 0.3 is 0 Å². The number of halogens is 1. The van der Waals surface area contributed by atoms with Crippen molar-refractivity contribution in [3.63, 3.8) is 0 Å². The van der Waals surface area contributed by atoms with Crippen LogP contribution in [0.4, 0.5) is 5.69 Å². The highest BCUT2D eigenvalue weighted by molar-refractivity contribution is 6.31. The summed E-state index contributed by atoms with van der Waals surface area (Å²) in [5, 5.41) is 12.8. The van der Waals surface area contributed by atoms with Crippen LogP contribution in [-0.4, -0.2) is 9.49 Å². The van der Waals surface area contributed by atoms with Gasteiger partial charge in [0.25, 0.3) is 5.69 Å². The summed E-state index contributed by atoms with van der Waals surface area (Å²) in [4.78, 5) is 10.7. The molecule has 0 aliphatic rings. The van der Waals surface area contributed by atoms with E-state index in [2.05, 4.69) is 0 Å². The first kappa shape index (κ1) is 12.7. The van der Waals surface area contributed by atoms with Gasteiger partial charge in [0.05, 0.1) is 11.5 Å². The van der Waals surface area contributed by atoms with Gasteiger partial charge in [-0.2, -0.15) is 0 Å². The van der Waals surface area contributed by atoms with Crippen LogP contribution in [0.2, 0.25) is 5.02 Å². The number of hydrogen-bond donors (Lipinski definition) is 0. The predicted molar refractivity (Wildman–Crippen MR) is 79.1 cm³/mol. The largest absolute Gasteiger partial charge is 0.343 e. The highest BCUT2D eigenvalue weighted by Crippen LogP contribution is 2.24. The molecule has 0 bridgehead atoms. The van der Waals surface area contributed by atoms with E-state index in [1.807, 2.05) is 35.0 Å². The Morgan fingerprint density at radius 3 is 2.75 bits per heavy atom. The molecule has 1 aromatic heterocycles. The predicted octanol–water partition coefficient (Wildman–Crippen LogP) is 4.25. The third kappa shape index (κ3) is 2.26. The zero-order chi connectivity index (χ0) is 14.1. The fourth-order valence-corrected chi connectivity index (χ4v) is 2.47. The van der Waals surface area contributed by atoms with Crippen LogP contribution >= 0.6 is 11.6 Å². The second-order valence-electron chi connectivity index (χ2n) is 4.53. The van der Waals surface area contributed by atoms with Crippen molar-refractivity contribution in [2.75, 3.05) is 0 Å². The topological polar surface area (TPSA) is 48.1 Å². The summed E-state index contributed by atoms with van der Waals surface area (Å²) in [6, 6.07) is 14.4. The van der Waals surface area contributed by atoms with Gasteiger partial charge in [-0.3, -0.25) is 10.1 Å².